The molecule has 1 heterocycles. The van der Waals surface area contributed by atoms with Gasteiger partial charge in [0, 0.05) is 6.54 Å². The molecule has 17 heavy (non-hydrogen) atoms. The van der Waals surface area contributed by atoms with Crippen LogP contribution in [0, 0.1) is 0 Å². The fourth-order valence-electron chi connectivity index (χ4n) is 1.96. The van der Waals surface area contributed by atoms with Crippen LogP contribution >= 0.6 is 0 Å². The normalized spacial score (nSPS) is 30.1. The molecule has 2 N–H and O–H groups in total. The minimum absolute atomic E-state index is 0.222. The van der Waals surface area contributed by atoms with Crippen LogP contribution in [-0.4, -0.2) is 69.2 Å². The predicted octanol–water partition coefficient (Wildman–Crippen LogP) is -0.994. The van der Waals surface area contributed by atoms with Crippen molar-refractivity contribution in [2.24, 2.45) is 0 Å². The van der Waals surface area contributed by atoms with Gasteiger partial charge in [-0.05, 0) is 13.1 Å². The zero-order chi connectivity index (χ0) is 13.1. The van der Waals surface area contributed by atoms with E-state index in [2.05, 4.69) is 9.62 Å². The number of likely N-dealkylation sites (N-methyl/N-ethyl adjacent to an activating group) is 1. The van der Waals surface area contributed by atoms with Crippen LogP contribution in [0.1, 0.15) is 13.8 Å². The van der Waals surface area contributed by atoms with Gasteiger partial charge in [-0.2, -0.15) is 0 Å². The Bertz CT molecular complexity index is 329. The van der Waals surface area contributed by atoms with Crippen LogP contribution in [0.5, 0.6) is 0 Å². The lowest BCUT2D eigenvalue weighted by atomic mass is 10.1. The van der Waals surface area contributed by atoms with Crippen LogP contribution in [0.3, 0.4) is 0 Å². The smallest absolute Gasteiger partial charge is 0.209 e. The van der Waals surface area contributed by atoms with Gasteiger partial charge in [0.1, 0.15) is 0 Å². The second kappa shape index (κ2) is 6.10. The average Bonchev–Trinajstić information content (AvgIpc) is 2.55. The Labute approximate surface area is 103 Å². The quantitative estimate of drug-likeness (QED) is 0.645. The number of sulfonamides is 1. The summed E-state index contributed by atoms with van der Waals surface area (Å²) in [5.41, 5.74) is 0. The molecule has 0 spiro atoms. The minimum atomic E-state index is -3.31. The molecule has 1 rings (SSSR count). The highest BCUT2D eigenvalue weighted by atomic mass is 32.2. The van der Waals surface area contributed by atoms with E-state index in [1.165, 1.54) is 0 Å². The third-order valence-electron chi connectivity index (χ3n) is 2.98. The molecule has 6 nitrogen and oxygen atoms in total. The van der Waals surface area contributed by atoms with E-state index in [1.54, 1.807) is 0 Å². The number of hydrogen-bond acceptors (Lipinski definition) is 5. The lowest BCUT2D eigenvalue weighted by Gasteiger charge is -2.24. The monoisotopic (exact) mass is 266 g/mol. The van der Waals surface area contributed by atoms with Crippen LogP contribution in [0.25, 0.3) is 0 Å². The van der Waals surface area contributed by atoms with Crippen molar-refractivity contribution >= 4 is 10.0 Å². The summed E-state index contributed by atoms with van der Waals surface area (Å²) in [4.78, 5) is 2.14. The molecular weight excluding hydrogens is 244 g/mol. The van der Waals surface area contributed by atoms with Gasteiger partial charge in [-0.1, -0.05) is 13.8 Å². The summed E-state index contributed by atoms with van der Waals surface area (Å²) in [6.45, 7) is 6.69. The molecule has 0 saturated carbocycles. The summed E-state index contributed by atoms with van der Waals surface area (Å²) >= 11 is 0. The Kier molecular flexibility index (Phi) is 5.33. The van der Waals surface area contributed by atoms with Crippen molar-refractivity contribution < 1.29 is 18.3 Å². The van der Waals surface area contributed by atoms with E-state index in [0.29, 0.717) is 6.54 Å². The van der Waals surface area contributed by atoms with Gasteiger partial charge in [0.05, 0.1) is 31.1 Å². The van der Waals surface area contributed by atoms with Gasteiger partial charge in [-0.3, -0.25) is 0 Å². The van der Waals surface area contributed by atoms with Crippen molar-refractivity contribution in [1.82, 2.24) is 9.62 Å². The van der Waals surface area contributed by atoms with Gasteiger partial charge in [0.2, 0.25) is 10.0 Å². The van der Waals surface area contributed by atoms with Gasteiger partial charge in [-0.25, -0.2) is 13.1 Å². The van der Waals surface area contributed by atoms with Gasteiger partial charge in [0.25, 0.3) is 0 Å². The fourth-order valence-corrected chi connectivity index (χ4v) is 2.72. The summed E-state index contributed by atoms with van der Waals surface area (Å²) in [7, 11) is -3.31. The highest BCUT2D eigenvalue weighted by molar-refractivity contribution is 7.88. The zero-order valence-corrected chi connectivity index (χ0v) is 11.4. The number of nitrogens with zero attached hydrogens (tertiary/aromatic N) is 1. The zero-order valence-electron chi connectivity index (χ0n) is 10.6. The molecule has 0 amide bonds. The number of nitrogens with one attached hydrogen (secondary N) is 1. The van der Waals surface area contributed by atoms with E-state index < -0.39 is 22.2 Å². The highest BCUT2D eigenvalue weighted by Gasteiger charge is 2.37. The van der Waals surface area contributed by atoms with Crippen molar-refractivity contribution in [3.8, 4) is 0 Å². The molecule has 0 radical (unpaired) electrons. The van der Waals surface area contributed by atoms with Crippen LogP contribution in [0.15, 0.2) is 0 Å². The fraction of sp³-hybridized carbons (Fsp3) is 1.00. The summed E-state index contributed by atoms with van der Waals surface area (Å²) in [6.07, 6.45) is -0.0308. The van der Waals surface area contributed by atoms with Crippen molar-refractivity contribution in [1.29, 1.82) is 0 Å². The number of ether oxygens (including phenoxy) is 1. The molecule has 0 bridgehead atoms. The first-order valence-electron chi connectivity index (χ1n) is 5.86. The van der Waals surface area contributed by atoms with Crippen molar-refractivity contribution in [2.75, 3.05) is 32.5 Å². The van der Waals surface area contributed by atoms with Gasteiger partial charge in [0.15, 0.2) is 0 Å². The number of aliphatic hydroxyl groups is 1. The molecule has 0 aromatic carbocycles. The summed E-state index contributed by atoms with van der Waals surface area (Å²) < 4.78 is 30.0. The maximum absolute atomic E-state index is 11.1. The molecule has 102 valence electrons. The Morgan fingerprint density at radius 2 is 2.00 bits per heavy atom. The maximum Gasteiger partial charge on any atom is 0.209 e. The molecule has 1 aliphatic rings. The largest absolute Gasteiger partial charge is 0.389 e. The van der Waals surface area contributed by atoms with Crippen molar-refractivity contribution in [3.63, 3.8) is 0 Å². The van der Waals surface area contributed by atoms with Crippen LogP contribution < -0.4 is 4.72 Å². The highest BCUT2D eigenvalue weighted by Crippen LogP contribution is 2.16. The van der Waals surface area contributed by atoms with E-state index in [0.717, 1.165) is 19.3 Å². The van der Waals surface area contributed by atoms with Gasteiger partial charge < -0.3 is 14.7 Å². The summed E-state index contributed by atoms with van der Waals surface area (Å²) in [5.74, 6) is 0. The molecule has 1 aliphatic heterocycles. The molecular formula is C10H22N2O4S. The molecule has 3 unspecified atom stereocenters. The molecule has 7 heteroatoms. The van der Waals surface area contributed by atoms with Gasteiger partial charge >= 0.3 is 0 Å². The predicted molar refractivity (Wildman–Crippen MR) is 65.3 cm³/mol. The van der Waals surface area contributed by atoms with E-state index in [4.69, 9.17) is 4.74 Å². The number of rotatable bonds is 6. The average molecular weight is 266 g/mol. The first-order valence-corrected chi connectivity index (χ1v) is 7.75. The first-order chi connectivity index (χ1) is 7.87. The topological polar surface area (TPSA) is 78.9 Å². The van der Waals surface area contributed by atoms with E-state index >= 15 is 0 Å². The van der Waals surface area contributed by atoms with Crippen LogP contribution in [0.2, 0.25) is 0 Å². The second-order valence-electron chi connectivity index (χ2n) is 4.34. The standard InChI is InChI=1S/C10H22N2O4S/c1-4-12(5-2)6-9-10(13)8(7-16-9)11-17(3,14)15/h8-11,13H,4-7H2,1-3H3. The summed E-state index contributed by atoms with van der Waals surface area (Å²) in [5, 5.41) is 9.97. The number of aliphatic hydroxyl groups excluding tert-OH is 1. The van der Waals surface area contributed by atoms with E-state index in [-0.39, 0.29) is 12.7 Å². The molecule has 0 aromatic rings. The Hall–Kier alpha value is -0.210. The Balaban J connectivity index is 2.52. The lowest BCUT2D eigenvalue weighted by molar-refractivity contribution is 0.0175. The first kappa shape index (κ1) is 14.8. The Morgan fingerprint density at radius 3 is 2.47 bits per heavy atom. The van der Waals surface area contributed by atoms with Crippen LogP contribution in [-0.2, 0) is 14.8 Å². The third-order valence-corrected chi connectivity index (χ3v) is 3.71. The SMILES string of the molecule is CCN(CC)CC1OCC(NS(C)(=O)=O)C1O. The summed E-state index contributed by atoms with van der Waals surface area (Å²) in [6, 6.07) is -0.537. The molecule has 0 aliphatic carbocycles. The Morgan fingerprint density at radius 1 is 1.41 bits per heavy atom. The van der Waals surface area contributed by atoms with Crippen molar-refractivity contribution in [2.45, 2.75) is 32.1 Å². The van der Waals surface area contributed by atoms with E-state index in [1.807, 2.05) is 13.8 Å². The molecule has 3 atom stereocenters. The molecule has 1 saturated heterocycles. The minimum Gasteiger partial charge on any atom is -0.389 e. The number of hydrogen-bond donors (Lipinski definition) is 2. The van der Waals surface area contributed by atoms with Crippen molar-refractivity contribution in [3.05, 3.63) is 0 Å². The maximum atomic E-state index is 11.1. The van der Waals surface area contributed by atoms with Crippen LogP contribution in [0.4, 0.5) is 0 Å². The van der Waals surface area contributed by atoms with Gasteiger partial charge in [-0.15, -0.1) is 0 Å². The second-order valence-corrected chi connectivity index (χ2v) is 6.12. The van der Waals surface area contributed by atoms with E-state index in [9.17, 15) is 13.5 Å². The molecule has 1 fully saturated rings. The molecule has 0 aromatic heterocycles. The third kappa shape index (κ3) is 4.51. The lowest BCUT2D eigenvalue weighted by Crippen LogP contribution is -2.46.